The summed E-state index contributed by atoms with van der Waals surface area (Å²) < 4.78 is 29.8. The predicted molar refractivity (Wildman–Crippen MR) is 136 cm³/mol. The van der Waals surface area contributed by atoms with Crippen molar-refractivity contribution in [1.82, 2.24) is 20.1 Å². The number of carbonyl (C=O) groups is 4. The average Bonchev–Trinajstić information content (AvgIpc) is 3.19. The van der Waals surface area contributed by atoms with Gasteiger partial charge in [-0.25, -0.2) is 0 Å². The first-order valence-corrected chi connectivity index (χ1v) is 13.0. The van der Waals surface area contributed by atoms with Crippen LogP contribution in [-0.2, 0) is 51.8 Å². The van der Waals surface area contributed by atoms with E-state index in [0.29, 0.717) is 16.7 Å². The standard InChI is InChI=1S/C25H32N4O9S/c1-13-7-9-18(10-8-13)35-12-20-27-28-25(29(20)6)39-24-21(26-14(2)30)23(37-17(5)33)22(36-16(4)32)19(38-24)11-34-15(3)31/h7-10,19,21-24H,11-12H2,1-6H3,(H,26,30)/t19-,21-,22+,23-,24-/m0/s1. The molecule has 2 aromatic rings. The van der Waals surface area contributed by atoms with Crippen molar-refractivity contribution in [2.24, 2.45) is 7.05 Å². The van der Waals surface area contributed by atoms with E-state index in [2.05, 4.69) is 15.5 Å². The molecule has 13 nitrogen and oxygen atoms in total. The Morgan fingerprint density at radius 1 is 0.974 bits per heavy atom. The van der Waals surface area contributed by atoms with Crippen LogP contribution in [0.2, 0.25) is 0 Å². The van der Waals surface area contributed by atoms with Crippen LogP contribution in [0.1, 0.15) is 39.1 Å². The van der Waals surface area contributed by atoms with Crippen molar-refractivity contribution in [3.63, 3.8) is 0 Å². The molecule has 39 heavy (non-hydrogen) atoms. The van der Waals surface area contributed by atoms with E-state index in [0.717, 1.165) is 17.3 Å². The van der Waals surface area contributed by atoms with Gasteiger partial charge in [0.05, 0.1) is 0 Å². The molecule has 1 N–H and O–H groups in total. The molecular weight excluding hydrogens is 532 g/mol. The van der Waals surface area contributed by atoms with Crippen LogP contribution in [-0.4, -0.2) is 75.0 Å². The Labute approximate surface area is 229 Å². The van der Waals surface area contributed by atoms with Gasteiger partial charge < -0.3 is 33.6 Å². The predicted octanol–water partition coefficient (Wildman–Crippen LogP) is 1.45. The summed E-state index contributed by atoms with van der Waals surface area (Å²) in [6.07, 6.45) is -3.33. The smallest absolute Gasteiger partial charge is 0.303 e. The minimum Gasteiger partial charge on any atom is -0.486 e. The summed E-state index contributed by atoms with van der Waals surface area (Å²) in [5.41, 5.74) is 0.204. The molecule has 212 valence electrons. The van der Waals surface area contributed by atoms with E-state index in [1.54, 1.807) is 11.6 Å². The first-order chi connectivity index (χ1) is 18.4. The van der Waals surface area contributed by atoms with Crippen LogP contribution in [0.3, 0.4) is 0 Å². The molecule has 0 saturated carbocycles. The van der Waals surface area contributed by atoms with Crippen molar-refractivity contribution >= 4 is 35.6 Å². The van der Waals surface area contributed by atoms with E-state index in [-0.39, 0.29) is 13.2 Å². The number of carbonyl (C=O) groups excluding carboxylic acids is 4. The van der Waals surface area contributed by atoms with Gasteiger partial charge in [-0.3, -0.25) is 19.2 Å². The summed E-state index contributed by atoms with van der Waals surface area (Å²) in [5.74, 6) is -1.16. The number of aromatic nitrogens is 3. The number of nitrogens with one attached hydrogen (secondary N) is 1. The van der Waals surface area contributed by atoms with Gasteiger partial charge in [0, 0.05) is 34.7 Å². The fourth-order valence-corrected chi connectivity index (χ4v) is 4.98. The molecule has 1 aliphatic heterocycles. The van der Waals surface area contributed by atoms with Gasteiger partial charge in [0.15, 0.2) is 23.2 Å². The number of ether oxygens (including phenoxy) is 5. The molecule has 1 aromatic heterocycles. The number of hydrogen-bond donors (Lipinski definition) is 1. The van der Waals surface area contributed by atoms with Crippen LogP contribution >= 0.6 is 11.8 Å². The maximum Gasteiger partial charge on any atom is 0.303 e. The monoisotopic (exact) mass is 564 g/mol. The highest BCUT2D eigenvalue weighted by Gasteiger charge is 2.51. The van der Waals surface area contributed by atoms with Crippen molar-refractivity contribution in [3.05, 3.63) is 35.7 Å². The van der Waals surface area contributed by atoms with E-state index < -0.39 is 53.6 Å². The lowest BCUT2D eigenvalue weighted by Gasteiger charge is -2.44. The third-order valence-electron chi connectivity index (χ3n) is 5.61. The number of amides is 1. The Hall–Kier alpha value is -3.65. The van der Waals surface area contributed by atoms with Gasteiger partial charge in [-0.2, -0.15) is 0 Å². The lowest BCUT2D eigenvalue weighted by atomic mass is 9.97. The summed E-state index contributed by atoms with van der Waals surface area (Å²) in [6, 6.07) is 6.62. The topological polar surface area (TPSA) is 157 Å². The highest BCUT2D eigenvalue weighted by atomic mass is 32.2. The first kappa shape index (κ1) is 29.9. The molecule has 2 heterocycles. The molecule has 1 fully saturated rings. The minimum absolute atomic E-state index is 0.146. The van der Waals surface area contributed by atoms with Crippen LogP contribution in [0.25, 0.3) is 0 Å². The molecule has 0 bridgehead atoms. The summed E-state index contributed by atoms with van der Waals surface area (Å²) >= 11 is 1.10. The molecule has 0 radical (unpaired) electrons. The maximum absolute atomic E-state index is 12.1. The average molecular weight is 565 g/mol. The third kappa shape index (κ3) is 8.42. The SMILES string of the molecule is CC(=O)N[C@H]1[C@H](OC(C)=O)[C@H](OC(C)=O)[C@H](COC(C)=O)O[C@H]1Sc1nnc(COc2ccc(C)cc2)n1C. The highest BCUT2D eigenvalue weighted by molar-refractivity contribution is 7.99. The number of hydrogen-bond acceptors (Lipinski definition) is 12. The van der Waals surface area contributed by atoms with E-state index in [9.17, 15) is 19.2 Å². The lowest BCUT2D eigenvalue weighted by molar-refractivity contribution is -0.211. The first-order valence-electron chi connectivity index (χ1n) is 12.1. The Kier molecular flexibility index (Phi) is 10.3. The number of thioether (sulfide) groups is 1. The zero-order valence-electron chi connectivity index (χ0n) is 22.5. The fraction of sp³-hybridized carbons (Fsp3) is 0.520. The van der Waals surface area contributed by atoms with E-state index in [4.69, 9.17) is 23.7 Å². The molecule has 1 amide bonds. The van der Waals surface area contributed by atoms with Crippen molar-refractivity contribution in [3.8, 4) is 5.75 Å². The van der Waals surface area contributed by atoms with Crippen molar-refractivity contribution in [2.75, 3.05) is 6.61 Å². The molecule has 0 spiro atoms. The summed E-state index contributed by atoms with van der Waals surface area (Å²) in [4.78, 5) is 47.6. The zero-order valence-corrected chi connectivity index (χ0v) is 23.4. The molecule has 14 heteroatoms. The van der Waals surface area contributed by atoms with Gasteiger partial charge in [0.2, 0.25) is 5.91 Å². The molecule has 0 unspecified atom stereocenters. The van der Waals surface area contributed by atoms with E-state index in [1.165, 1.54) is 27.7 Å². The molecule has 1 aromatic carbocycles. The maximum atomic E-state index is 12.1. The van der Waals surface area contributed by atoms with Gasteiger partial charge in [-0.05, 0) is 19.1 Å². The number of nitrogens with zero attached hydrogens (tertiary/aromatic N) is 3. The normalized spacial score (nSPS) is 22.5. The van der Waals surface area contributed by atoms with Crippen LogP contribution in [0.15, 0.2) is 29.4 Å². The zero-order chi connectivity index (χ0) is 28.7. The van der Waals surface area contributed by atoms with Gasteiger partial charge in [-0.15, -0.1) is 10.2 Å². The Balaban J connectivity index is 1.88. The van der Waals surface area contributed by atoms with Gasteiger partial charge in [0.25, 0.3) is 0 Å². The number of aryl methyl sites for hydroxylation is 1. The minimum atomic E-state index is -1.17. The molecule has 5 atom stereocenters. The Bertz CT molecular complexity index is 1190. The van der Waals surface area contributed by atoms with Gasteiger partial charge in [-0.1, -0.05) is 29.5 Å². The van der Waals surface area contributed by atoms with Crippen molar-refractivity contribution < 1.29 is 42.9 Å². The summed E-state index contributed by atoms with van der Waals surface area (Å²) in [6.45, 7) is 6.73. The molecule has 0 aliphatic carbocycles. The second-order valence-corrected chi connectivity index (χ2v) is 9.96. The molecular formula is C25H32N4O9S. The number of esters is 3. The molecule has 1 aliphatic rings. The Morgan fingerprint density at radius 3 is 2.21 bits per heavy atom. The largest absolute Gasteiger partial charge is 0.486 e. The van der Waals surface area contributed by atoms with E-state index >= 15 is 0 Å². The second kappa shape index (κ2) is 13.4. The quantitative estimate of drug-likeness (QED) is 0.328. The van der Waals surface area contributed by atoms with Crippen LogP contribution in [0.4, 0.5) is 0 Å². The Morgan fingerprint density at radius 2 is 1.62 bits per heavy atom. The van der Waals surface area contributed by atoms with Crippen molar-refractivity contribution in [1.29, 1.82) is 0 Å². The second-order valence-electron chi connectivity index (χ2n) is 8.90. The fourth-order valence-electron chi connectivity index (χ4n) is 3.85. The van der Waals surface area contributed by atoms with Gasteiger partial charge in [0.1, 0.15) is 36.5 Å². The number of benzene rings is 1. The number of rotatable bonds is 10. The molecule has 1 saturated heterocycles. The summed E-state index contributed by atoms with van der Waals surface area (Å²) in [5, 5.41) is 11.6. The van der Waals surface area contributed by atoms with Crippen LogP contribution < -0.4 is 10.1 Å². The van der Waals surface area contributed by atoms with Crippen molar-refractivity contribution in [2.45, 2.75) is 76.2 Å². The van der Waals surface area contributed by atoms with Crippen LogP contribution in [0.5, 0.6) is 5.75 Å². The highest BCUT2D eigenvalue weighted by Crippen LogP contribution is 2.35. The third-order valence-corrected chi connectivity index (χ3v) is 6.81. The molecule has 3 rings (SSSR count). The van der Waals surface area contributed by atoms with Crippen LogP contribution in [0, 0.1) is 6.92 Å². The lowest BCUT2D eigenvalue weighted by Crippen LogP contribution is -2.65. The van der Waals surface area contributed by atoms with E-state index in [1.807, 2.05) is 31.2 Å². The van der Waals surface area contributed by atoms with Gasteiger partial charge >= 0.3 is 17.9 Å². The summed E-state index contributed by atoms with van der Waals surface area (Å²) in [7, 11) is 1.74.